The van der Waals surface area contributed by atoms with Gasteiger partial charge in [0, 0.05) is 25.6 Å². The molecule has 0 fully saturated rings. The van der Waals surface area contributed by atoms with Crippen molar-refractivity contribution in [2.75, 3.05) is 31.5 Å². The van der Waals surface area contributed by atoms with Crippen molar-refractivity contribution in [2.45, 2.75) is 57.5 Å². The van der Waals surface area contributed by atoms with Crippen LogP contribution in [0.1, 0.15) is 46.8 Å². The Morgan fingerprint density at radius 2 is 1.86 bits per heavy atom. The largest absolute Gasteiger partial charge is 0.486 e. The molecule has 4 rings (SSSR count). The fraction of sp³-hybridized carbons (Fsp3) is 0.448. The summed E-state index contributed by atoms with van der Waals surface area (Å²) in [5.41, 5.74) is 0.239. The van der Waals surface area contributed by atoms with Crippen LogP contribution >= 0.6 is 0 Å². The van der Waals surface area contributed by atoms with Gasteiger partial charge in [-0.2, -0.15) is 13.2 Å². The highest BCUT2D eigenvalue weighted by Crippen LogP contribution is 2.37. The lowest BCUT2D eigenvalue weighted by Crippen LogP contribution is -2.49. The number of likely N-dealkylation sites (N-methyl/N-ethyl adjacent to an activating group) is 1. The first-order valence-corrected chi connectivity index (χ1v) is 15.1. The first kappa shape index (κ1) is 32.3. The molecule has 14 heteroatoms. The van der Waals surface area contributed by atoms with E-state index in [1.165, 1.54) is 49.1 Å². The molecule has 0 bridgehead atoms. The van der Waals surface area contributed by atoms with Crippen LogP contribution in [0.2, 0.25) is 0 Å². The number of hydrogen-bond acceptors (Lipinski definition) is 8. The number of alkyl halides is 3. The second-order valence-corrected chi connectivity index (χ2v) is 12.6. The normalized spacial score (nSPS) is 18.6. The molecule has 0 saturated heterocycles. The summed E-state index contributed by atoms with van der Waals surface area (Å²) in [6, 6.07) is 8.91. The molecule has 2 N–H and O–H groups in total. The van der Waals surface area contributed by atoms with Gasteiger partial charge in [0.05, 0.1) is 29.5 Å². The van der Waals surface area contributed by atoms with E-state index >= 15 is 0 Å². The van der Waals surface area contributed by atoms with E-state index in [0.717, 1.165) is 12.1 Å². The number of ether oxygens (including phenoxy) is 1. The van der Waals surface area contributed by atoms with Crippen molar-refractivity contribution in [2.24, 2.45) is 5.92 Å². The zero-order valence-corrected chi connectivity index (χ0v) is 25.3. The molecular formula is C29H35F3N4O6S. The van der Waals surface area contributed by atoms with Crippen molar-refractivity contribution in [3.63, 3.8) is 0 Å². The van der Waals surface area contributed by atoms with Crippen molar-refractivity contribution in [3.8, 4) is 5.75 Å². The number of para-hydroxylation sites is 1. The quantitative estimate of drug-likeness (QED) is 0.358. The molecule has 3 aromatic rings. The van der Waals surface area contributed by atoms with Gasteiger partial charge >= 0.3 is 6.18 Å². The summed E-state index contributed by atoms with van der Waals surface area (Å²) in [4.78, 5) is 17.0. The van der Waals surface area contributed by atoms with Crippen LogP contribution in [0.4, 0.5) is 18.9 Å². The van der Waals surface area contributed by atoms with Crippen LogP contribution in [-0.2, 0) is 22.7 Å². The maximum atomic E-state index is 13.7. The number of rotatable bonds is 9. The number of sulfonamides is 1. The molecule has 0 unspecified atom stereocenters. The number of halogens is 3. The summed E-state index contributed by atoms with van der Waals surface area (Å²) in [5, 5.41) is 13.6. The third-order valence-electron chi connectivity index (χ3n) is 7.40. The lowest BCUT2D eigenvalue weighted by Gasteiger charge is -2.38. The number of nitrogens with zero attached hydrogens (tertiary/aromatic N) is 3. The summed E-state index contributed by atoms with van der Waals surface area (Å²) >= 11 is 0. The number of carbonyl (C=O) groups excluding carboxylic acids is 1. The minimum Gasteiger partial charge on any atom is -0.486 e. The number of carbonyl (C=O) groups is 1. The predicted octanol–water partition coefficient (Wildman–Crippen LogP) is 4.46. The van der Waals surface area contributed by atoms with Crippen molar-refractivity contribution in [1.29, 1.82) is 0 Å². The van der Waals surface area contributed by atoms with Crippen molar-refractivity contribution in [1.82, 2.24) is 15.0 Å². The Morgan fingerprint density at radius 3 is 2.44 bits per heavy atom. The number of aliphatic hydroxyl groups is 1. The van der Waals surface area contributed by atoms with E-state index < -0.39 is 39.8 Å². The third-order valence-corrected chi connectivity index (χ3v) is 9.01. The van der Waals surface area contributed by atoms with Crippen molar-refractivity contribution >= 4 is 21.6 Å². The molecule has 2 heterocycles. The zero-order valence-electron chi connectivity index (χ0n) is 24.5. The maximum Gasteiger partial charge on any atom is 0.416 e. The summed E-state index contributed by atoms with van der Waals surface area (Å²) in [7, 11) is -2.40. The molecule has 1 aliphatic heterocycles. The van der Waals surface area contributed by atoms with E-state index in [1.807, 2.05) is 11.8 Å². The van der Waals surface area contributed by atoms with Crippen LogP contribution in [0.3, 0.4) is 0 Å². The number of hydrogen-bond donors (Lipinski definition) is 2. The van der Waals surface area contributed by atoms with Crippen LogP contribution < -0.4 is 9.46 Å². The van der Waals surface area contributed by atoms with Crippen LogP contribution in [-0.4, -0.2) is 73.3 Å². The highest BCUT2D eigenvalue weighted by molar-refractivity contribution is 7.92. The van der Waals surface area contributed by atoms with Crippen molar-refractivity contribution < 1.29 is 40.8 Å². The van der Waals surface area contributed by atoms with Gasteiger partial charge in [-0.1, -0.05) is 30.3 Å². The Labute approximate surface area is 248 Å². The Bertz CT molecular complexity index is 1540. The van der Waals surface area contributed by atoms with Gasteiger partial charge in [-0.3, -0.25) is 14.4 Å². The number of aromatic nitrogens is 1. The lowest BCUT2D eigenvalue weighted by molar-refractivity contribution is -0.137. The van der Waals surface area contributed by atoms with Crippen LogP contribution in [0.5, 0.6) is 5.75 Å². The first-order valence-electron chi connectivity index (χ1n) is 13.6. The molecule has 1 amide bonds. The van der Waals surface area contributed by atoms with Gasteiger partial charge in [0.2, 0.25) is 0 Å². The smallest absolute Gasteiger partial charge is 0.416 e. The fourth-order valence-corrected chi connectivity index (χ4v) is 6.47. The number of fused-ring (bicyclic) bond motifs is 1. The topological polar surface area (TPSA) is 125 Å². The van der Waals surface area contributed by atoms with Gasteiger partial charge in [-0.25, -0.2) is 8.42 Å². The Morgan fingerprint density at radius 1 is 1.19 bits per heavy atom. The van der Waals surface area contributed by atoms with E-state index in [2.05, 4.69) is 9.88 Å². The number of aryl methyl sites for hydroxylation is 2. The molecule has 3 atom stereocenters. The molecule has 0 radical (unpaired) electrons. The molecular weight excluding hydrogens is 589 g/mol. The van der Waals surface area contributed by atoms with Gasteiger partial charge in [0.25, 0.3) is 15.9 Å². The standard InChI is InChI=1S/C29H35F3N4O6S/c1-17-13-36(18(2)16-37)28(38)23-7-6-8-24(34-43(39,40)27-19(3)33-42-20(27)4)26(23)41-25(17)15-35(5)14-21-9-11-22(12-10-21)29(30,31)32/h6-12,17-18,25,34,37H,13-16H2,1-5H3/t17-,18-,25+/m0/s1. The highest BCUT2D eigenvalue weighted by Gasteiger charge is 2.36. The van der Waals surface area contributed by atoms with Crippen LogP contribution in [0.25, 0.3) is 0 Å². The summed E-state index contributed by atoms with van der Waals surface area (Å²) in [5.74, 6) is -0.593. The van der Waals surface area contributed by atoms with E-state index in [-0.39, 0.29) is 52.4 Å². The second-order valence-electron chi connectivity index (χ2n) is 11.0. The van der Waals surface area contributed by atoms with E-state index in [1.54, 1.807) is 14.0 Å². The fourth-order valence-electron chi connectivity index (χ4n) is 5.08. The number of amides is 1. The monoisotopic (exact) mass is 624 g/mol. The van der Waals surface area contributed by atoms with Crippen LogP contribution in [0, 0.1) is 19.8 Å². The maximum absolute atomic E-state index is 13.7. The van der Waals surface area contributed by atoms with E-state index in [9.17, 15) is 31.5 Å². The number of benzene rings is 2. The van der Waals surface area contributed by atoms with E-state index in [4.69, 9.17) is 9.26 Å². The van der Waals surface area contributed by atoms with Gasteiger partial charge < -0.3 is 19.3 Å². The molecule has 0 saturated carbocycles. The molecule has 0 spiro atoms. The molecule has 43 heavy (non-hydrogen) atoms. The molecule has 1 aromatic heterocycles. The average Bonchev–Trinajstić information content (AvgIpc) is 3.28. The zero-order chi connectivity index (χ0) is 31.7. The Hall–Kier alpha value is -3.62. The Kier molecular flexibility index (Phi) is 9.42. The minimum absolute atomic E-state index is 0.0254. The third kappa shape index (κ3) is 7.13. The lowest BCUT2D eigenvalue weighted by atomic mass is 9.99. The predicted molar refractivity (Wildman–Crippen MR) is 152 cm³/mol. The summed E-state index contributed by atoms with van der Waals surface area (Å²) in [6.07, 6.45) is -5.01. The van der Waals surface area contributed by atoms with Gasteiger partial charge in [0.15, 0.2) is 16.4 Å². The molecule has 1 aliphatic rings. The summed E-state index contributed by atoms with van der Waals surface area (Å²) < 4.78 is 79.8. The van der Waals surface area contributed by atoms with Crippen molar-refractivity contribution in [3.05, 3.63) is 70.6 Å². The van der Waals surface area contributed by atoms with E-state index in [0.29, 0.717) is 18.7 Å². The molecule has 2 aromatic carbocycles. The first-order chi connectivity index (χ1) is 20.1. The highest BCUT2D eigenvalue weighted by atomic mass is 32.2. The van der Waals surface area contributed by atoms with Gasteiger partial charge in [-0.15, -0.1) is 0 Å². The van der Waals surface area contributed by atoms with Gasteiger partial charge in [0.1, 0.15) is 11.8 Å². The number of aliphatic hydroxyl groups excluding tert-OH is 1. The molecule has 0 aliphatic carbocycles. The minimum atomic E-state index is -4.43. The molecule has 234 valence electrons. The number of anilines is 1. The number of nitrogens with one attached hydrogen (secondary N) is 1. The van der Waals surface area contributed by atoms with Crippen LogP contribution in [0.15, 0.2) is 51.9 Å². The second kappa shape index (κ2) is 12.5. The summed E-state index contributed by atoms with van der Waals surface area (Å²) in [6.45, 7) is 7.13. The molecule has 10 nitrogen and oxygen atoms in total. The SMILES string of the molecule is Cc1noc(C)c1S(=O)(=O)Nc1cccc2c1O[C@H](CN(C)Cc1ccc(C(F)(F)F)cc1)[C@@H](C)CN([C@@H](C)CO)C2=O. The average molecular weight is 625 g/mol. The Balaban J connectivity index is 1.68. The van der Waals surface area contributed by atoms with Gasteiger partial charge in [-0.05, 0) is 57.6 Å².